The number of fused-ring (bicyclic) bond motifs is 5. The number of Topliss-reactive ketones (excluding diaryl/α,β-unsaturated/α-hetero) is 4. The summed E-state index contributed by atoms with van der Waals surface area (Å²) in [6.45, 7) is 11.7. The monoisotopic (exact) mass is 2200 g/mol. The third-order valence-corrected chi connectivity index (χ3v) is 38.3. The molecule has 16 aromatic rings. The average molecular weight is 2200 g/mol. The number of ketones is 4. The highest BCUT2D eigenvalue weighted by Gasteiger charge is 2.29. The number of thiophene rings is 4. The smallest absolute Gasteiger partial charge is 0.265 e. The number of nitrogens with one attached hydrogen (secondary N) is 3. The molecule has 0 spiro atoms. The molecule has 146 heavy (non-hydrogen) atoms. The number of hydrogen-bond donors (Lipinski definition) is 3. The molecule has 3 N–H and O–H groups in total. The topological polar surface area (TPSA) is 412 Å². The van der Waals surface area contributed by atoms with Gasteiger partial charge in [-0.25, -0.2) is 53.6 Å². The first-order valence-electron chi connectivity index (χ1n) is 46.0. The van der Waals surface area contributed by atoms with Crippen LogP contribution in [0, 0.1) is 0 Å². The number of likely N-dealkylation sites (N-methyl/N-ethyl adjacent to an activating group) is 1. The summed E-state index contributed by atoms with van der Waals surface area (Å²) in [4.78, 5) is 131. The molecule has 8 aromatic heterocycles. The number of carbonyl (C=O) groups excluding carboxylic acids is 4. The molecule has 20 rings (SSSR count). The molecule has 0 atom stereocenters. The van der Waals surface area contributed by atoms with E-state index in [4.69, 9.17) is 51.1 Å². The predicted molar refractivity (Wildman–Crippen MR) is 576 cm³/mol. The van der Waals surface area contributed by atoms with Crippen molar-refractivity contribution in [1.82, 2.24) is 52.9 Å². The van der Waals surface area contributed by atoms with Crippen molar-refractivity contribution in [3.05, 3.63) is 330 Å². The Bertz CT molecular complexity index is 8460. The number of sulfone groups is 4. The third-order valence-electron chi connectivity index (χ3n) is 24.4. The molecule has 32 nitrogen and oxygen atoms in total. The summed E-state index contributed by atoms with van der Waals surface area (Å²) in [5, 5.41) is 12.1. The van der Waals surface area contributed by atoms with E-state index in [0.717, 1.165) is 171 Å². The van der Waals surface area contributed by atoms with Crippen molar-refractivity contribution in [2.75, 3.05) is 131 Å². The molecule has 4 aliphatic rings. The van der Waals surface area contributed by atoms with Gasteiger partial charge in [0.25, 0.3) is 22.2 Å². The SMILES string of the molecule is CN1CCN=C1c1ccc2c(=O)n(-c3ccc(CC(=O)CS(=O)(=O)c4ccc(Cl)s4)cc3)cnc2c1.O=C(Cc1ccc(-n2cnc3cc(NCCN4CCCC4)ccc3c2=O)cc1)CS(=O)(=O)c1ccc(Cl)s1.O=C(Cc1ccc(-n2cnc3cc(NCCN4CCOCC4)ccc3c2=O)cc1)CS(=O)(=O)c1ccc(Cl)s1.O=C(Cc1ccc(-n2cnc3cc4c(cc3c2=O)CCN4)cc1)CS(=O)(=O)c1ccc(Cl)s1. The Hall–Kier alpha value is -12.5. The summed E-state index contributed by atoms with van der Waals surface area (Å²) in [5.41, 5.74) is 11.6. The van der Waals surface area contributed by atoms with Crippen LogP contribution in [0.25, 0.3) is 66.4 Å². The van der Waals surface area contributed by atoms with Crippen LogP contribution in [0.4, 0.5) is 17.1 Å². The second-order valence-corrected chi connectivity index (χ2v) is 50.6. The van der Waals surface area contributed by atoms with E-state index in [0.29, 0.717) is 106 Å². The zero-order valence-electron chi connectivity index (χ0n) is 78.1. The van der Waals surface area contributed by atoms with Crippen LogP contribution < -0.4 is 38.2 Å². The van der Waals surface area contributed by atoms with E-state index in [-0.39, 0.29) is 64.8 Å². The highest BCUT2D eigenvalue weighted by Crippen LogP contribution is 2.34. The molecular formula is C102H93Cl4N15O17S8. The molecule has 44 heteroatoms. The molecule has 0 unspecified atom stereocenters. The molecule has 12 heterocycles. The number of benzene rings is 8. The van der Waals surface area contributed by atoms with Gasteiger partial charge in [0.2, 0.25) is 0 Å². The second-order valence-electron chi connectivity index (χ2n) is 34.9. The Morgan fingerprint density at radius 3 is 1.05 bits per heavy atom. The molecular weight excluding hydrogens is 2110 g/mol. The summed E-state index contributed by atoms with van der Waals surface area (Å²) in [7, 11) is -12.9. The molecule has 4 aliphatic heterocycles. The molecule has 0 bridgehead atoms. The summed E-state index contributed by atoms with van der Waals surface area (Å²) < 4.78 is 112. The van der Waals surface area contributed by atoms with E-state index >= 15 is 0 Å². The molecule has 8 aromatic carbocycles. The Balaban J connectivity index is 0.000000133. The number of rotatable bonds is 33. The second kappa shape index (κ2) is 46.3. The Morgan fingerprint density at radius 2 is 0.712 bits per heavy atom. The van der Waals surface area contributed by atoms with E-state index in [1.54, 1.807) is 115 Å². The molecule has 754 valence electrons. The zero-order valence-corrected chi connectivity index (χ0v) is 87.6. The quantitative estimate of drug-likeness (QED) is 0.0344. The van der Waals surface area contributed by atoms with Crippen LogP contribution in [-0.2, 0) is 95.4 Å². The number of nitrogens with zero attached hydrogens (tertiary/aromatic N) is 12. The molecule has 2 saturated heterocycles. The Labute approximate surface area is 874 Å². The van der Waals surface area contributed by atoms with Crippen LogP contribution in [-0.4, -0.2) is 231 Å². The summed E-state index contributed by atoms with van der Waals surface area (Å²) >= 11 is 27.0. The Morgan fingerprint density at radius 1 is 0.384 bits per heavy atom. The minimum absolute atomic E-state index is 0.0252. The van der Waals surface area contributed by atoms with Gasteiger partial charge < -0.3 is 30.5 Å². The van der Waals surface area contributed by atoms with Crippen molar-refractivity contribution in [3.8, 4) is 22.7 Å². The number of anilines is 3. The number of hydrogen-bond acceptors (Lipinski definition) is 32. The maximum absolute atomic E-state index is 13.2. The molecule has 0 amide bonds. The molecule has 0 radical (unpaired) electrons. The van der Waals surface area contributed by atoms with E-state index in [9.17, 15) is 72.0 Å². The van der Waals surface area contributed by atoms with Gasteiger partial charge in [0.15, 0.2) is 62.5 Å². The van der Waals surface area contributed by atoms with Crippen molar-refractivity contribution in [1.29, 1.82) is 0 Å². The number of morpholine rings is 1. The van der Waals surface area contributed by atoms with Gasteiger partial charge >= 0.3 is 0 Å². The van der Waals surface area contributed by atoms with Crippen LogP contribution in [0.15, 0.2) is 279 Å². The molecule has 0 saturated carbocycles. The van der Waals surface area contributed by atoms with Gasteiger partial charge in [-0.15, -0.1) is 45.3 Å². The zero-order chi connectivity index (χ0) is 103. The summed E-state index contributed by atoms with van der Waals surface area (Å²) in [5.74, 6) is -3.16. The highest BCUT2D eigenvalue weighted by molar-refractivity contribution is 7.95. The number of aliphatic imine (C=N–C) groups is 1. The number of amidine groups is 1. The Kier molecular flexibility index (Phi) is 33.2. The van der Waals surface area contributed by atoms with Gasteiger partial charge in [0.05, 0.1) is 103 Å². The van der Waals surface area contributed by atoms with Gasteiger partial charge in [-0.1, -0.05) is 101 Å². The van der Waals surface area contributed by atoms with E-state index in [2.05, 4.69) is 55.6 Å². The van der Waals surface area contributed by atoms with Crippen LogP contribution in [0.3, 0.4) is 0 Å². The van der Waals surface area contributed by atoms with Gasteiger partial charge in [0.1, 0.15) is 71.0 Å². The first kappa shape index (κ1) is 105. The van der Waals surface area contributed by atoms with Crippen LogP contribution in [0.2, 0.25) is 17.3 Å². The van der Waals surface area contributed by atoms with E-state index in [1.807, 2.05) is 55.6 Å². The van der Waals surface area contributed by atoms with E-state index in [1.165, 1.54) is 105 Å². The number of ether oxygens (including phenoxy) is 1. The lowest BCUT2D eigenvalue weighted by Crippen LogP contribution is -2.39. The number of likely N-dealkylation sites (tertiary alicyclic amines) is 1. The number of halogens is 4. The third kappa shape index (κ3) is 26.0. The minimum Gasteiger partial charge on any atom is -0.384 e. The lowest BCUT2D eigenvalue weighted by atomic mass is 10.1. The van der Waals surface area contributed by atoms with E-state index < -0.39 is 85.5 Å². The number of carbonyl (C=O) groups is 4. The van der Waals surface area contributed by atoms with Crippen molar-refractivity contribution in [3.63, 3.8) is 0 Å². The van der Waals surface area contributed by atoms with Crippen molar-refractivity contribution < 1.29 is 57.6 Å². The van der Waals surface area contributed by atoms with Crippen LogP contribution in [0.1, 0.15) is 46.2 Å². The van der Waals surface area contributed by atoms with Crippen molar-refractivity contribution in [2.24, 2.45) is 4.99 Å². The first-order valence-corrected chi connectivity index (χ1v) is 57.4. The fourth-order valence-corrected chi connectivity index (χ4v) is 28.2. The average Bonchev–Trinajstić information content (AvgIpc) is 1.56. The lowest BCUT2D eigenvalue weighted by molar-refractivity contribution is -0.116. The van der Waals surface area contributed by atoms with Crippen molar-refractivity contribution >= 4 is 221 Å². The predicted octanol–water partition coefficient (Wildman–Crippen LogP) is 14.7. The van der Waals surface area contributed by atoms with Gasteiger partial charge in [-0.2, -0.15) is 0 Å². The van der Waals surface area contributed by atoms with Crippen molar-refractivity contribution in [2.45, 2.75) is 61.8 Å². The summed E-state index contributed by atoms with van der Waals surface area (Å²) in [6.07, 6.45) is 9.23. The van der Waals surface area contributed by atoms with Gasteiger partial charge in [-0.05, 0) is 218 Å². The molecule has 2 fully saturated rings. The first-order chi connectivity index (χ1) is 70.1. The van der Waals surface area contributed by atoms with Crippen LogP contribution in [0.5, 0.6) is 0 Å². The molecule has 0 aliphatic carbocycles. The minimum atomic E-state index is -3.73. The fraction of sp³-hybridized carbons (Fsp3) is 0.245. The lowest BCUT2D eigenvalue weighted by Gasteiger charge is -2.26. The normalized spacial score (nSPS) is 14.0. The summed E-state index contributed by atoms with van der Waals surface area (Å²) in [6, 6.07) is 59.4. The van der Waals surface area contributed by atoms with Gasteiger partial charge in [0, 0.05) is 108 Å². The standard InChI is InChI=1S/C27H27ClN4O5S2.C27H27ClN4O4S2.C25H21ClN4O4S2.C23H18ClN3O4S2/c28-25-7-8-26(38-25)39(35,36)17-22(33)15-19-1-4-21(5-2-19)32-18-30-24-16-20(3-6-23(24)27(32)34)29-9-10-31-11-13-37-14-12-31;28-25-9-10-26(37-25)38(35,36)17-22(33)15-19-3-6-21(7-4-19)32-18-30-24-16-20(5-8-23(24)27(32)34)29-11-14-31-12-1-2-13-31;1-29-11-10-27-24(29)17-4-7-20-21(13-17)28-15-30(25(20)32)18-5-2-16(3-6-18)12-19(31)14-36(33,34)23-9-8-22(26)35-23;24-21-5-6-22(32-21)33(30,31)12-17(28)9-14-1-3-16(4-2-14)27-13-26-20-11-19-15(7-8-25-19)10-18(20)23(27)29/h1-8,16,18,29H,9-15,17H2;3-10,16,18,29H,1-2,11-15,17H2;2-9,13,15H,10-12,14H2,1H3;1-6,10-11,13,25H,7-9,12H2. The van der Waals surface area contributed by atoms with Crippen LogP contribution >= 0.6 is 91.8 Å². The fourth-order valence-electron chi connectivity index (χ4n) is 17.0. The number of aromatic nitrogens is 8. The highest BCUT2D eigenvalue weighted by atomic mass is 35.5. The largest absolute Gasteiger partial charge is 0.384 e. The maximum Gasteiger partial charge on any atom is 0.265 e. The maximum atomic E-state index is 13.2. The van der Waals surface area contributed by atoms with Gasteiger partial charge in [-0.3, -0.25) is 66.5 Å².